The SMILES string of the molecule is CCN(CCC#N)S(=O)(=O)c1ccc(C(C)N)cc1. The molecular formula is C13H19N3O2S. The van der Waals surface area contributed by atoms with Crippen LogP contribution in [-0.4, -0.2) is 25.8 Å². The van der Waals surface area contributed by atoms with E-state index in [9.17, 15) is 8.42 Å². The van der Waals surface area contributed by atoms with Gasteiger partial charge in [-0.3, -0.25) is 0 Å². The normalized spacial score (nSPS) is 13.2. The number of hydrogen-bond acceptors (Lipinski definition) is 4. The summed E-state index contributed by atoms with van der Waals surface area (Å²) in [5.41, 5.74) is 6.62. The smallest absolute Gasteiger partial charge is 0.243 e. The maximum Gasteiger partial charge on any atom is 0.243 e. The zero-order valence-corrected chi connectivity index (χ0v) is 12.0. The van der Waals surface area contributed by atoms with Crippen molar-refractivity contribution in [3.05, 3.63) is 29.8 Å². The van der Waals surface area contributed by atoms with E-state index in [1.165, 1.54) is 4.31 Å². The van der Waals surface area contributed by atoms with E-state index in [1.807, 2.05) is 13.0 Å². The van der Waals surface area contributed by atoms with Crippen LogP contribution < -0.4 is 5.73 Å². The summed E-state index contributed by atoms with van der Waals surface area (Å²) in [5.74, 6) is 0. The van der Waals surface area contributed by atoms with Gasteiger partial charge in [0.05, 0.1) is 11.0 Å². The first kappa shape index (κ1) is 15.6. The van der Waals surface area contributed by atoms with Crippen LogP contribution in [-0.2, 0) is 10.0 Å². The molecular weight excluding hydrogens is 262 g/mol. The third-order valence-electron chi connectivity index (χ3n) is 2.87. The summed E-state index contributed by atoms with van der Waals surface area (Å²) >= 11 is 0. The van der Waals surface area contributed by atoms with Crippen molar-refractivity contribution in [1.29, 1.82) is 5.26 Å². The number of benzene rings is 1. The first-order chi connectivity index (χ1) is 8.93. The molecule has 0 aliphatic rings. The molecule has 5 nitrogen and oxygen atoms in total. The predicted octanol–water partition coefficient (Wildman–Crippen LogP) is 1.63. The second-order valence-electron chi connectivity index (χ2n) is 4.26. The zero-order chi connectivity index (χ0) is 14.5. The average Bonchev–Trinajstić information content (AvgIpc) is 2.39. The summed E-state index contributed by atoms with van der Waals surface area (Å²) in [6, 6.07) is 8.38. The van der Waals surface area contributed by atoms with E-state index in [2.05, 4.69) is 0 Å². The molecule has 104 valence electrons. The summed E-state index contributed by atoms with van der Waals surface area (Å²) in [6.07, 6.45) is 0.186. The van der Waals surface area contributed by atoms with Gasteiger partial charge in [0.15, 0.2) is 0 Å². The first-order valence-corrected chi connectivity index (χ1v) is 7.60. The molecule has 0 aromatic heterocycles. The van der Waals surface area contributed by atoms with Gasteiger partial charge in [-0.2, -0.15) is 9.57 Å². The Morgan fingerprint density at radius 3 is 2.37 bits per heavy atom. The largest absolute Gasteiger partial charge is 0.324 e. The Balaban J connectivity index is 3.02. The third-order valence-corrected chi connectivity index (χ3v) is 4.86. The van der Waals surface area contributed by atoms with E-state index in [1.54, 1.807) is 31.2 Å². The number of nitriles is 1. The number of hydrogen-bond donors (Lipinski definition) is 1. The fraction of sp³-hybridized carbons (Fsp3) is 0.462. The molecule has 0 saturated heterocycles. The summed E-state index contributed by atoms with van der Waals surface area (Å²) in [6.45, 7) is 4.16. The van der Waals surface area contributed by atoms with Gasteiger partial charge in [-0.05, 0) is 24.6 Å². The number of nitrogens with two attached hydrogens (primary N) is 1. The van der Waals surface area contributed by atoms with E-state index in [0.29, 0.717) is 6.54 Å². The van der Waals surface area contributed by atoms with Crippen LogP contribution >= 0.6 is 0 Å². The Labute approximate surface area is 114 Å². The highest BCUT2D eigenvalue weighted by molar-refractivity contribution is 7.89. The lowest BCUT2D eigenvalue weighted by atomic mass is 10.1. The Hall–Kier alpha value is -1.42. The highest BCUT2D eigenvalue weighted by atomic mass is 32.2. The summed E-state index contributed by atoms with van der Waals surface area (Å²) in [5, 5.41) is 8.56. The molecule has 0 fully saturated rings. The van der Waals surface area contributed by atoms with Gasteiger partial charge in [0.1, 0.15) is 0 Å². The van der Waals surface area contributed by atoms with Crippen molar-refractivity contribution in [2.75, 3.05) is 13.1 Å². The molecule has 0 aliphatic heterocycles. The molecule has 0 heterocycles. The standard InChI is InChI=1S/C13H19N3O2S/c1-3-16(10-4-9-14)19(17,18)13-7-5-12(6-8-13)11(2)15/h5-8,11H,3-4,10,15H2,1-2H3. The van der Waals surface area contributed by atoms with Crippen molar-refractivity contribution in [2.24, 2.45) is 5.73 Å². The highest BCUT2D eigenvalue weighted by Gasteiger charge is 2.22. The van der Waals surface area contributed by atoms with Gasteiger partial charge in [-0.15, -0.1) is 0 Å². The number of nitrogens with zero attached hydrogens (tertiary/aromatic N) is 2. The molecule has 2 N–H and O–H groups in total. The monoisotopic (exact) mass is 281 g/mol. The first-order valence-electron chi connectivity index (χ1n) is 6.16. The maximum absolute atomic E-state index is 12.3. The van der Waals surface area contributed by atoms with Crippen LogP contribution in [0.3, 0.4) is 0 Å². The van der Waals surface area contributed by atoms with Crippen molar-refractivity contribution in [3.63, 3.8) is 0 Å². The van der Waals surface area contributed by atoms with Crippen LogP contribution in [0.15, 0.2) is 29.2 Å². The molecule has 19 heavy (non-hydrogen) atoms. The van der Waals surface area contributed by atoms with E-state index in [0.717, 1.165) is 5.56 Å². The van der Waals surface area contributed by atoms with Gasteiger partial charge < -0.3 is 5.73 Å². The van der Waals surface area contributed by atoms with Gasteiger partial charge in [-0.1, -0.05) is 19.1 Å². The molecule has 1 rings (SSSR count). The zero-order valence-electron chi connectivity index (χ0n) is 11.2. The molecule has 1 unspecified atom stereocenters. The fourth-order valence-electron chi connectivity index (χ4n) is 1.72. The molecule has 1 atom stereocenters. The van der Waals surface area contributed by atoms with E-state index in [4.69, 9.17) is 11.0 Å². The third kappa shape index (κ3) is 3.77. The molecule has 0 spiro atoms. The van der Waals surface area contributed by atoms with Crippen LogP contribution in [0.4, 0.5) is 0 Å². The van der Waals surface area contributed by atoms with Gasteiger partial charge in [0.2, 0.25) is 10.0 Å². The van der Waals surface area contributed by atoms with E-state index >= 15 is 0 Å². The Morgan fingerprint density at radius 1 is 1.37 bits per heavy atom. The summed E-state index contributed by atoms with van der Waals surface area (Å²) in [7, 11) is -3.52. The molecule has 1 aromatic carbocycles. The van der Waals surface area contributed by atoms with Crippen molar-refractivity contribution < 1.29 is 8.42 Å². The van der Waals surface area contributed by atoms with Gasteiger partial charge in [0.25, 0.3) is 0 Å². The molecule has 0 radical (unpaired) electrons. The quantitative estimate of drug-likeness (QED) is 0.858. The maximum atomic E-state index is 12.3. The van der Waals surface area contributed by atoms with Crippen molar-refractivity contribution in [3.8, 4) is 6.07 Å². The Bertz CT molecular complexity index is 544. The summed E-state index contributed by atoms with van der Waals surface area (Å²) < 4.78 is 26.0. The topological polar surface area (TPSA) is 87.2 Å². The van der Waals surface area contributed by atoms with Crippen LogP contribution in [0, 0.1) is 11.3 Å². The minimum atomic E-state index is -3.52. The van der Waals surface area contributed by atoms with Crippen LogP contribution in [0.5, 0.6) is 0 Å². The summed E-state index contributed by atoms with van der Waals surface area (Å²) in [4.78, 5) is 0.233. The van der Waals surface area contributed by atoms with Gasteiger partial charge in [-0.25, -0.2) is 8.42 Å². The van der Waals surface area contributed by atoms with Crippen LogP contribution in [0.1, 0.15) is 31.9 Å². The molecule has 0 saturated carbocycles. The lowest BCUT2D eigenvalue weighted by Crippen LogP contribution is -2.31. The molecule has 0 bridgehead atoms. The number of sulfonamides is 1. The molecule has 0 amide bonds. The van der Waals surface area contributed by atoms with E-state index in [-0.39, 0.29) is 23.9 Å². The van der Waals surface area contributed by atoms with Gasteiger partial charge >= 0.3 is 0 Å². The molecule has 6 heteroatoms. The van der Waals surface area contributed by atoms with E-state index < -0.39 is 10.0 Å². The Kier molecular flexibility index (Phi) is 5.48. The second-order valence-corrected chi connectivity index (χ2v) is 6.20. The fourth-order valence-corrected chi connectivity index (χ4v) is 3.17. The highest BCUT2D eigenvalue weighted by Crippen LogP contribution is 2.18. The predicted molar refractivity (Wildman–Crippen MR) is 73.7 cm³/mol. The average molecular weight is 281 g/mol. The Morgan fingerprint density at radius 2 is 1.95 bits per heavy atom. The molecule has 1 aromatic rings. The lowest BCUT2D eigenvalue weighted by molar-refractivity contribution is 0.435. The van der Waals surface area contributed by atoms with Gasteiger partial charge in [0, 0.05) is 25.6 Å². The van der Waals surface area contributed by atoms with Crippen molar-refractivity contribution in [1.82, 2.24) is 4.31 Å². The lowest BCUT2D eigenvalue weighted by Gasteiger charge is -2.19. The number of rotatable bonds is 6. The van der Waals surface area contributed by atoms with Crippen LogP contribution in [0.2, 0.25) is 0 Å². The minimum Gasteiger partial charge on any atom is -0.324 e. The van der Waals surface area contributed by atoms with Crippen molar-refractivity contribution >= 4 is 10.0 Å². The molecule has 0 aliphatic carbocycles. The second kappa shape index (κ2) is 6.66. The van der Waals surface area contributed by atoms with Crippen LogP contribution in [0.25, 0.3) is 0 Å². The van der Waals surface area contributed by atoms with Crippen molar-refractivity contribution in [2.45, 2.75) is 31.2 Å². The minimum absolute atomic E-state index is 0.127.